The SMILES string of the molecule is CN(Cc1ccccc1[N+](=O)[O-])C(=O)c1cccnc1N1CCOCC1. The zero-order valence-electron chi connectivity index (χ0n) is 14.5. The van der Waals surface area contributed by atoms with Gasteiger partial charge >= 0.3 is 0 Å². The minimum Gasteiger partial charge on any atom is -0.378 e. The molecule has 1 amide bonds. The maximum Gasteiger partial charge on any atom is 0.274 e. The number of nitro groups is 1. The van der Waals surface area contributed by atoms with Crippen molar-refractivity contribution in [3.05, 3.63) is 63.8 Å². The smallest absolute Gasteiger partial charge is 0.274 e. The molecule has 0 aliphatic carbocycles. The number of nitrogens with zero attached hydrogens (tertiary/aromatic N) is 4. The van der Waals surface area contributed by atoms with Crippen LogP contribution in [-0.2, 0) is 11.3 Å². The Balaban J connectivity index is 1.82. The number of benzene rings is 1. The Morgan fingerprint density at radius 3 is 2.73 bits per heavy atom. The third-order valence-corrected chi connectivity index (χ3v) is 4.27. The fourth-order valence-corrected chi connectivity index (χ4v) is 2.95. The quantitative estimate of drug-likeness (QED) is 0.602. The number of hydrogen-bond acceptors (Lipinski definition) is 6. The van der Waals surface area contributed by atoms with E-state index in [2.05, 4.69) is 4.98 Å². The van der Waals surface area contributed by atoms with Crippen LogP contribution < -0.4 is 4.90 Å². The van der Waals surface area contributed by atoms with Crippen LogP contribution in [0.1, 0.15) is 15.9 Å². The Hall–Kier alpha value is -3.00. The molecule has 1 aliphatic rings. The molecule has 1 aliphatic heterocycles. The molecule has 2 heterocycles. The minimum atomic E-state index is -0.434. The van der Waals surface area contributed by atoms with Gasteiger partial charge in [-0.1, -0.05) is 18.2 Å². The van der Waals surface area contributed by atoms with E-state index in [1.807, 2.05) is 4.90 Å². The van der Waals surface area contributed by atoms with Crippen LogP contribution in [0.3, 0.4) is 0 Å². The van der Waals surface area contributed by atoms with E-state index in [0.29, 0.717) is 43.2 Å². The van der Waals surface area contributed by atoms with Crippen LogP contribution >= 0.6 is 0 Å². The number of pyridine rings is 1. The predicted octanol–water partition coefficient (Wildman–Crippen LogP) is 2.10. The third kappa shape index (κ3) is 3.80. The molecule has 1 fully saturated rings. The predicted molar refractivity (Wildman–Crippen MR) is 96.2 cm³/mol. The van der Waals surface area contributed by atoms with Crippen LogP contribution in [0.5, 0.6) is 0 Å². The highest BCUT2D eigenvalue weighted by Crippen LogP contribution is 2.23. The van der Waals surface area contributed by atoms with Crippen molar-refractivity contribution >= 4 is 17.4 Å². The van der Waals surface area contributed by atoms with Crippen molar-refractivity contribution in [3.8, 4) is 0 Å². The van der Waals surface area contributed by atoms with Gasteiger partial charge in [0, 0.05) is 38.0 Å². The fraction of sp³-hybridized carbons (Fsp3) is 0.333. The summed E-state index contributed by atoms with van der Waals surface area (Å²) in [7, 11) is 1.63. The summed E-state index contributed by atoms with van der Waals surface area (Å²) < 4.78 is 5.35. The van der Waals surface area contributed by atoms with Crippen molar-refractivity contribution in [2.24, 2.45) is 0 Å². The van der Waals surface area contributed by atoms with Crippen LogP contribution in [0.25, 0.3) is 0 Å². The molecule has 0 N–H and O–H groups in total. The highest BCUT2D eigenvalue weighted by atomic mass is 16.6. The Morgan fingerprint density at radius 2 is 2.00 bits per heavy atom. The highest BCUT2D eigenvalue weighted by molar-refractivity contribution is 5.98. The molecular formula is C18H20N4O4. The van der Waals surface area contributed by atoms with Gasteiger partial charge in [-0.15, -0.1) is 0 Å². The molecule has 1 aromatic carbocycles. The van der Waals surface area contributed by atoms with Crippen molar-refractivity contribution in [1.82, 2.24) is 9.88 Å². The molecule has 0 radical (unpaired) electrons. The van der Waals surface area contributed by atoms with Crippen molar-refractivity contribution in [3.63, 3.8) is 0 Å². The van der Waals surface area contributed by atoms with Crippen molar-refractivity contribution in [1.29, 1.82) is 0 Å². The largest absolute Gasteiger partial charge is 0.378 e. The topological polar surface area (TPSA) is 88.8 Å². The standard InChI is InChI=1S/C18H20N4O4/c1-20(13-14-5-2-3-7-16(14)22(24)25)18(23)15-6-4-8-19-17(15)21-9-11-26-12-10-21/h2-8H,9-13H2,1H3. The number of para-hydroxylation sites is 1. The molecule has 136 valence electrons. The van der Waals surface area contributed by atoms with E-state index < -0.39 is 4.92 Å². The monoisotopic (exact) mass is 356 g/mol. The lowest BCUT2D eigenvalue weighted by Crippen LogP contribution is -2.38. The number of nitro benzene ring substituents is 1. The van der Waals surface area contributed by atoms with Gasteiger partial charge in [0.2, 0.25) is 0 Å². The molecule has 1 saturated heterocycles. The first kappa shape index (κ1) is 17.8. The zero-order valence-corrected chi connectivity index (χ0v) is 14.5. The molecule has 0 spiro atoms. The fourth-order valence-electron chi connectivity index (χ4n) is 2.95. The first-order chi connectivity index (χ1) is 12.6. The van der Waals surface area contributed by atoms with Crippen molar-refractivity contribution in [2.75, 3.05) is 38.3 Å². The van der Waals surface area contributed by atoms with Crippen LogP contribution in [0, 0.1) is 10.1 Å². The molecule has 0 unspecified atom stereocenters. The van der Waals surface area contributed by atoms with Crippen molar-refractivity contribution < 1.29 is 14.5 Å². The lowest BCUT2D eigenvalue weighted by atomic mass is 10.1. The van der Waals surface area contributed by atoms with Gasteiger partial charge in [0.15, 0.2) is 0 Å². The van der Waals surface area contributed by atoms with E-state index >= 15 is 0 Å². The van der Waals surface area contributed by atoms with Gasteiger partial charge in [-0.25, -0.2) is 4.98 Å². The second-order valence-corrected chi connectivity index (χ2v) is 6.02. The number of carbonyl (C=O) groups excluding carboxylic acids is 1. The van der Waals surface area contributed by atoms with Crippen LogP contribution in [0.2, 0.25) is 0 Å². The number of aromatic nitrogens is 1. The number of rotatable bonds is 5. The lowest BCUT2D eigenvalue weighted by Gasteiger charge is -2.29. The van der Waals surface area contributed by atoms with Gasteiger partial charge in [-0.3, -0.25) is 14.9 Å². The molecule has 3 rings (SSSR count). The van der Waals surface area contributed by atoms with E-state index in [0.717, 1.165) is 0 Å². The molecule has 2 aromatic rings. The maximum atomic E-state index is 13.0. The number of morpholine rings is 1. The minimum absolute atomic E-state index is 0.00624. The number of hydrogen-bond donors (Lipinski definition) is 0. The average molecular weight is 356 g/mol. The molecule has 8 heteroatoms. The zero-order chi connectivity index (χ0) is 18.5. The Kier molecular flexibility index (Phi) is 5.43. The number of amides is 1. The molecule has 0 atom stereocenters. The number of anilines is 1. The van der Waals surface area contributed by atoms with Gasteiger partial charge in [0.05, 0.1) is 30.2 Å². The molecule has 0 bridgehead atoms. The summed E-state index contributed by atoms with van der Waals surface area (Å²) in [5.41, 5.74) is 0.979. The van der Waals surface area contributed by atoms with Gasteiger partial charge in [-0.2, -0.15) is 0 Å². The summed E-state index contributed by atoms with van der Waals surface area (Å²) in [6.07, 6.45) is 1.66. The van der Waals surface area contributed by atoms with E-state index in [4.69, 9.17) is 4.74 Å². The highest BCUT2D eigenvalue weighted by Gasteiger charge is 2.23. The molecular weight excluding hydrogens is 336 g/mol. The van der Waals surface area contributed by atoms with E-state index in [9.17, 15) is 14.9 Å². The van der Waals surface area contributed by atoms with E-state index in [1.165, 1.54) is 11.0 Å². The van der Waals surface area contributed by atoms with Crippen molar-refractivity contribution in [2.45, 2.75) is 6.54 Å². The molecule has 1 aromatic heterocycles. The van der Waals surface area contributed by atoms with Gasteiger partial charge < -0.3 is 14.5 Å². The Morgan fingerprint density at radius 1 is 1.27 bits per heavy atom. The molecule has 0 saturated carbocycles. The summed E-state index contributed by atoms with van der Waals surface area (Å²) in [4.78, 5) is 31.6. The first-order valence-electron chi connectivity index (χ1n) is 8.33. The number of ether oxygens (including phenoxy) is 1. The Bertz CT molecular complexity index is 805. The van der Waals surface area contributed by atoms with Gasteiger partial charge in [0.25, 0.3) is 11.6 Å². The van der Waals surface area contributed by atoms with Crippen LogP contribution in [0.15, 0.2) is 42.6 Å². The summed E-state index contributed by atoms with van der Waals surface area (Å²) >= 11 is 0. The normalized spacial score (nSPS) is 14.1. The summed E-state index contributed by atoms with van der Waals surface area (Å²) in [6.45, 7) is 2.68. The van der Waals surface area contributed by atoms with E-state index in [-0.39, 0.29) is 18.1 Å². The van der Waals surface area contributed by atoms with E-state index in [1.54, 1.807) is 43.6 Å². The van der Waals surface area contributed by atoms with Crippen LogP contribution in [-0.4, -0.2) is 54.1 Å². The summed E-state index contributed by atoms with van der Waals surface area (Å²) in [5.74, 6) is 0.396. The van der Waals surface area contributed by atoms with Gasteiger partial charge in [0.1, 0.15) is 5.82 Å². The molecule has 26 heavy (non-hydrogen) atoms. The summed E-state index contributed by atoms with van der Waals surface area (Å²) in [6, 6.07) is 9.89. The average Bonchev–Trinajstić information content (AvgIpc) is 2.68. The second kappa shape index (κ2) is 7.92. The first-order valence-corrected chi connectivity index (χ1v) is 8.33. The molecule has 8 nitrogen and oxygen atoms in total. The third-order valence-electron chi connectivity index (χ3n) is 4.27. The summed E-state index contributed by atoms with van der Waals surface area (Å²) in [5, 5.41) is 11.2. The Labute approximate surface area is 151 Å². The lowest BCUT2D eigenvalue weighted by molar-refractivity contribution is -0.385. The van der Waals surface area contributed by atoms with Gasteiger partial charge in [-0.05, 0) is 12.1 Å². The van der Waals surface area contributed by atoms with Crippen LogP contribution in [0.4, 0.5) is 11.5 Å². The second-order valence-electron chi connectivity index (χ2n) is 6.02. The number of carbonyl (C=O) groups is 1. The maximum absolute atomic E-state index is 13.0.